The Morgan fingerprint density at radius 1 is 1.57 bits per heavy atom. The van der Waals surface area contributed by atoms with E-state index in [0.29, 0.717) is 17.4 Å². The predicted octanol–water partition coefficient (Wildman–Crippen LogP) is 0.900. The average Bonchev–Trinajstić information content (AvgIpc) is 2.63. The summed E-state index contributed by atoms with van der Waals surface area (Å²) in [4.78, 5) is 4.17. The third-order valence-corrected chi connectivity index (χ3v) is 2.26. The van der Waals surface area contributed by atoms with Gasteiger partial charge in [-0.25, -0.2) is 4.98 Å². The molecule has 5 nitrogen and oxygen atoms in total. The molecule has 0 radical (unpaired) electrons. The largest absolute Gasteiger partial charge is 0.381 e. The third kappa shape index (κ3) is 1.58. The van der Waals surface area contributed by atoms with Crippen LogP contribution in [0.15, 0.2) is 18.6 Å². The van der Waals surface area contributed by atoms with Gasteiger partial charge in [-0.2, -0.15) is 5.10 Å². The van der Waals surface area contributed by atoms with Crippen molar-refractivity contribution in [3.8, 4) is 0 Å². The van der Waals surface area contributed by atoms with Crippen LogP contribution in [-0.2, 0) is 13.6 Å². The summed E-state index contributed by atoms with van der Waals surface area (Å²) in [6, 6.07) is 0. The number of hydrogen-bond acceptors (Lipinski definition) is 3. The lowest BCUT2D eigenvalue weighted by atomic mass is 10.6. The highest BCUT2D eigenvalue weighted by Gasteiger charge is 2.05. The van der Waals surface area contributed by atoms with Crippen LogP contribution in [0.5, 0.6) is 0 Å². The quantitative estimate of drug-likeness (QED) is 0.803. The van der Waals surface area contributed by atoms with Crippen LogP contribution >= 0.6 is 11.6 Å². The topological polar surface area (TPSA) is 61.7 Å². The highest BCUT2D eigenvalue weighted by molar-refractivity contribution is 6.32. The van der Waals surface area contributed by atoms with Crippen LogP contribution in [0.2, 0.25) is 5.02 Å². The Morgan fingerprint density at radius 3 is 2.86 bits per heavy atom. The van der Waals surface area contributed by atoms with Gasteiger partial charge >= 0.3 is 0 Å². The molecule has 0 saturated heterocycles. The van der Waals surface area contributed by atoms with Crippen LogP contribution in [-0.4, -0.2) is 19.3 Å². The Morgan fingerprint density at radius 2 is 2.36 bits per heavy atom. The lowest BCUT2D eigenvalue weighted by Crippen LogP contribution is -2.06. The number of halogens is 1. The summed E-state index contributed by atoms with van der Waals surface area (Å²) < 4.78 is 3.59. The highest BCUT2D eigenvalue weighted by Crippen LogP contribution is 2.15. The molecule has 0 bridgehead atoms. The second-order valence-corrected chi connectivity index (χ2v) is 3.42. The molecule has 0 spiro atoms. The van der Waals surface area contributed by atoms with Crippen LogP contribution in [0, 0.1) is 0 Å². The Labute approximate surface area is 86.1 Å². The molecule has 0 atom stereocenters. The van der Waals surface area contributed by atoms with Crippen LogP contribution in [0.25, 0.3) is 0 Å². The number of nitrogens with zero attached hydrogens (tertiary/aromatic N) is 4. The van der Waals surface area contributed by atoms with Gasteiger partial charge in [0.05, 0.1) is 6.54 Å². The van der Waals surface area contributed by atoms with Crippen LogP contribution in [0.3, 0.4) is 0 Å². The van der Waals surface area contributed by atoms with E-state index in [2.05, 4.69) is 10.1 Å². The van der Waals surface area contributed by atoms with Crippen molar-refractivity contribution in [3.05, 3.63) is 29.4 Å². The molecule has 0 aromatic carbocycles. The molecule has 2 heterocycles. The van der Waals surface area contributed by atoms with Gasteiger partial charge in [0.25, 0.3) is 0 Å². The minimum Gasteiger partial charge on any atom is -0.381 e. The van der Waals surface area contributed by atoms with Crippen LogP contribution in [0.4, 0.5) is 5.82 Å². The van der Waals surface area contributed by atoms with Crippen molar-refractivity contribution in [1.29, 1.82) is 0 Å². The van der Waals surface area contributed by atoms with Crippen molar-refractivity contribution in [2.24, 2.45) is 7.05 Å². The molecule has 2 aromatic heterocycles. The Hall–Kier alpha value is -1.49. The Bertz CT molecular complexity index is 425. The van der Waals surface area contributed by atoms with E-state index in [4.69, 9.17) is 17.3 Å². The van der Waals surface area contributed by atoms with Crippen molar-refractivity contribution in [3.63, 3.8) is 0 Å². The summed E-state index contributed by atoms with van der Waals surface area (Å²) in [5.74, 6) is 1.25. The van der Waals surface area contributed by atoms with Gasteiger partial charge in [0.15, 0.2) is 5.82 Å². The van der Waals surface area contributed by atoms with Gasteiger partial charge in [0.2, 0.25) is 0 Å². The summed E-state index contributed by atoms with van der Waals surface area (Å²) in [5.41, 5.74) is 5.52. The van der Waals surface area contributed by atoms with E-state index in [1.165, 1.54) is 0 Å². The van der Waals surface area contributed by atoms with E-state index in [1.807, 2.05) is 17.8 Å². The fraction of sp³-hybridized carbons (Fsp3) is 0.250. The summed E-state index contributed by atoms with van der Waals surface area (Å²) in [5, 5.41) is 4.51. The van der Waals surface area contributed by atoms with Gasteiger partial charge < -0.3 is 10.3 Å². The number of rotatable bonds is 2. The first-order valence-electron chi connectivity index (χ1n) is 4.11. The number of nitrogen functional groups attached to an aromatic ring is 1. The van der Waals surface area contributed by atoms with Gasteiger partial charge in [0, 0.05) is 25.6 Å². The number of anilines is 1. The number of imidazole rings is 1. The standard InChI is InChI=1S/C8H10ClN5/c1-13-3-2-11-7(13)5-14-4-6(9)8(10)12-14/h2-4H,5H2,1H3,(H2,10,12). The van der Waals surface area contributed by atoms with Crippen LogP contribution in [0.1, 0.15) is 5.82 Å². The minimum atomic E-state index is 0.348. The van der Waals surface area contributed by atoms with Crippen molar-refractivity contribution < 1.29 is 0 Å². The lowest BCUT2D eigenvalue weighted by Gasteiger charge is -2.00. The van der Waals surface area contributed by atoms with E-state index in [1.54, 1.807) is 17.1 Å². The van der Waals surface area contributed by atoms with Crippen molar-refractivity contribution in [2.75, 3.05) is 5.73 Å². The van der Waals surface area contributed by atoms with Gasteiger partial charge in [-0.3, -0.25) is 4.68 Å². The minimum absolute atomic E-state index is 0.348. The Kier molecular flexibility index (Phi) is 2.17. The van der Waals surface area contributed by atoms with Crippen molar-refractivity contribution in [2.45, 2.75) is 6.54 Å². The molecule has 0 aliphatic rings. The monoisotopic (exact) mass is 211 g/mol. The molecule has 6 heteroatoms. The van der Waals surface area contributed by atoms with Crippen molar-refractivity contribution in [1.82, 2.24) is 19.3 Å². The maximum Gasteiger partial charge on any atom is 0.164 e. The molecule has 2 aromatic rings. The maximum atomic E-state index is 5.77. The second-order valence-electron chi connectivity index (χ2n) is 3.01. The molecule has 74 valence electrons. The third-order valence-electron chi connectivity index (χ3n) is 1.97. The number of aryl methyl sites for hydroxylation is 1. The molecule has 2 rings (SSSR count). The molecular formula is C8H10ClN5. The van der Waals surface area contributed by atoms with Gasteiger partial charge in [-0.1, -0.05) is 11.6 Å². The predicted molar refractivity (Wildman–Crippen MR) is 54.0 cm³/mol. The highest BCUT2D eigenvalue weighted by atomic mass is 35.5. The second kappa shape index (κ2) is 3.34. The normalized spacial score (nSPS) is 10.7. The SMILES string of the molecule is Cn1ccnc1Cn1cc(Cl)c(N)n1. The van der Waals surface area contributed by atoms with Gasteiger partial charge in [-0.05, 0) is 0 Å². The van der Waals surface area contributed by atoms with E-state index in [-0.39, 0.29) is 0 Å². The molecule has 0 amide bonds. The van der Waals surface area contributed by atoms with Gasteiger partial charge in [-0.15, -0.1) is 0 Å². The zero-order valence-corrected chi connectivity index (χ0v) is 8.44. The first kappa shape index (κ1) is 9.08. The fourth-order valence-corrected chi connectivity index (χ4v) is 1.34. The van der Waals surface area contributed by atoms with Crippen LogP contribution < -0.4 is 5.73 Å². The number of hydrogen-bond donors (Lipinski definition) is 1. The lowest BCUT2D eigenvalue weighted by molar-refractivity contribution is 0.634. The molecule has 0 aliphatic carbocycles. The molecule has 0 unspecified atom stereocenters. The van der Waals surface area contributed by atoms with E-state index in [0.717, 1.165) is 5.82 Å². The van der Waals surface area contributed by atoms with E-state index < -0.39 is 0 Å². The van der Waals surface area contributed by atoms with Gasteiger partial charge in [0.1, 0.15) is 10.8 Å². The fourth-order valence-electron chi connectivity index (χ4n) is 1.19. The summed E-state index contributed by atoms with van der Waals surface area (Å²) >= 11 is 5.77. The molecule has 14 heavy (non-hydrogen) atoms. The number of aromatic nitrogens is 4. The Balaban J connectivity index is 2.23. The zero-order valence-electron chi connectivity index (χ0n) is 7.68. The molecule has 0 aliphatic heterocycles. The molecular weight excluding hydrogens is 202 g/mol. The molecule has 0 saturated carbocycles. The molecule has 2 N–H and O–H groups in total. The van der Waals surface area contributed by atoms with Crippen molar-refractivity contribution >= 4 is 17.4 Å². The number of nitrogens with two attached hydrogens (primary N) is 1. The summed E-state index contributed by atoms with van der Waals surface area (Å²) in [6.45, 7) is 0.570. The summed E-state index contributed by atoms with van der Waals surface area (Å²) in [7, 11) is 1.93. The zero-order chi connectivity index (χ0) is 10.1. The summed E-state index contributed by atoms with van der Waals surface area (Å²) in [6.07, 6.45) is 5.30. The first-order chi connectivity index (χ1) is 6.66. The smallest absolute Gasteiger partial charge is 0.164 e. The molecule has 0 fully saturated rings. The van der Waals surface area contributed by atoms with E-state index >= 15 is 0 Å². The maximum absolute atomic E-state index is 5.77. The average molecular weight is 212 g/mol. The van der Waals surface area contributed by atoms with E-state index in [9.17, 15) is 0 Å². The first-order valence-corrected chi connectivity index (χ1v) is 4.49.